The molecule has 1 aliphatic rings. The number of nitrogens with two attached hydrogens (primary N) is 1. The number of benzene rings is 1. The molecule has 1 aromatic carbocycles. The molecule has 0 radical (unpaired) electrons. The Morgan fingerprint density at radius 2 is 1.67 bits per heavy atom. The minimum Gasteiger partial charge on any atom is -0.328 e. The van der Waals surface area contributed by atoms with Crippen LogP contribution in [0.4, 0.5) is 13.2 Å². The van der Waals surface area contributed by atoms with Crippen molar-refractivity contribution in [3.8, 4) is 0 Å². The Morgan fingerprint density at radius 3 is 2.14 bits per heavy atom. The first-order valence-corrected chi connectivity index (χ1v) is 6.46. The molecule has 1 saturated carbocycles. The van der Waals surface area contributed by atoms with E-state index in [-0.39, 0.29) is 12.0 Å². The molecular weight excluding hydrogens is 289 g/mol. The van der Waals surface area contributed by atoms with Gasteiger partial charge in [0.1, 0.15) is 0 Å². The zero-order chi connectivity index (χ0) is 16.0. The Balaban J connectivity index is 0.000000491. The van der Waals surface area contributed by atoms with Crippen molar-refractivity contribution in [1.29, 1.82) is 0 Å². The molecule has 8 heteroatoms. The van der Waals surface area contributed by atoms with Crippen LogP contribution in [0.25, 0.3) is 0 Å². The molecule has 5 nitrogen and oxygen atoms in total. The van der Waals surface area contributed by atoms with Crippen molar-refractivity contribution in [2.45, 2.75) is 43.8 Å². The number of nitrogens with zero attached hydrogens (tertiary/aromatic N) is 1. The van der Waals surface area contributed by atoms with Crippen LogP contribution in [-0.4, -0.2) is 16.3 Å². The van der Waals surface area contributed by atoms with Crippen molar-refractivity contribution in [2.24, 2.45) is 5.73 Å². The summed E-state index contributed by atoms with van der Waals surface area (Å²) in [5, 5.41) is 13.6. The number of halogens is 3. The highest BCUT2D eigenvalue weighted by Gasteiger charge is 2.35. The van der Waals surface area contributed by atoms with E-state index in [9.17, 15) is 13.2 Å². The monoisotopic (exact) mass is 306 g/mol. The topological polar surface area (TPSA) is 89.4 Å². The second-order valence-electron chi connectivity index (χ2n) is 4.93. The first-order chi connectivity index (χ1) is 9.71. The summed E-state index contributed by atoms with van der Waals surface area (Å²) in [7, 11) is 0. The lowest BCUT2D eigenvalue weighted by atomic mass is 9.80. The third-order valence-corrected chi connectivity index (χ3v) is 3.48. The Bertz CT molecular complexity index is 468. The number of rotatable bonds is 1. The zero-order valence-corrected chi connectivity index (χ0v) is 11.2. The SMILES string of the molecule is NC1CCC(c2ccccc2C(F)(F)F)CC1.O=[N+]([O-])O. The molecule has 0 atom stereocenters. The highest BCUT2D eigenvalue weighted by molar-refractivity contribution is 5.33. The third kappa shape index (κ3) is 5.58. The van der Waals surface area contributed by atoms with Crippen LogP contribution in [0.2, 0.25) is 0 Å². The second-order valence-corrected chi connectivity index (χ2v) is 4.93. The Kier molecular flexibility index (Phi) is 5.95. The Hall–Kier alpha value is -1.83. The highest BCUT2D eigenvalue weighted by atomic mass is 19.4. The van der Waals surface area contributed by atoms with E-state index in [0.717, 1.165) is 25.7 Å². The van der Waals surface area contributed by atoms with Gasteiger partial charge in [-0.05, 0) is 43.2 Å². The molecule has 0 aromatic heterocycles. The summed E-state index contributed by atoms with van der Waals surface area (Å²) in [6.45, 7) is 0. The number of hydrogen-bond donors (Lipinski definition) is 2. The van der Waals surface area contributed by atoms with E-state index in [0.29, 0.717) is 5.56 Å². The molecule has 1 aromatic rings. The van der Waals surface area contributed by atoms with E-state index in [1.54, 1.807) is 12.1 Å². The van der Waals surface area contributed by atoms with Crippen LogP contribution in [0.15, 0.2) is 24.3 Å². The van der Waals surface area contributed by atoms with Gasteiger partial charge >= 0.3 is 6.18 Å². The maximum absolute atomic E-state index is 12.9. The lowest BCUT2D eigenvalue weighted by Crippen LogP contribution is -2.26. The molecule has 0 amide bonds. The van der Waals surface area contributed by atoms with Gasteiger partial charge in [-0.2, -0.15) is 13.2 Å². The maximum atomic E-state index is 12.9. The molecular formula is C13H17F3N2O3. The van der Waals surface area contributed by atoms with Gasteiger partial charge in [-0.25, -0.2) is 0 Å². The molecule has 0 saturated heterocycles. The summed E-state index contributed by atoms with van der Waals surface area (Å²) >= 11 is 0. The molecule has 118 valence electrons. The van der Waals surface area contributed by atoms with Crippen LogP contribution < -0.4 is 5.73 Å². The predicted octanol–water partition coefficient (Wildman–Crippen LogP) is 3.34. The van der Waals surface area contributed by atoms with Crippen molar-refractivity contribution >= 4 is 0 Å². The van der Waals surface area contributed by atoms with Gasteiger partial charge < -0.3 is 10.9 Å². The van der Waals surface area contributed by atoms with Crippen molar-refractivity contribution in [3.63, 3.8) is 0 Å². The van der Waals surface area contributed by atoms with Crippen LogP contribution in [0.3, 0.4) is 0 Å². The summed E-state index contributed by atoms with van der Waals surface area (Å²) in [4.78, 5) is 8.36. The molecule has 3 N–H and O–H groups in total. The highest BCUT2D eigenvalue weighted by Crippen LogP contribution is 2.40. The molecule has 0 heterocycles. The van der Waals surface area contributed by atoms with E-state index >= 15 is 0 Å². The van der Waals surface area contributed by atoms with Gasteiger partial charge in [0.2, 0.25) is 0 Å². The standard InChI is InChI=1S/C13H16F3N.HNO3/c14-13(15,16)12-4-2-1-3-11(12)9-5-7-10(17)8-6-9;2-1(3)4/h1-4,9-10H,5-8,17H2;(H,2,3,4). The molecule has 0 aliphatic heterocycles. The zero-order valence-electron chi connectivity index (χ0n) is 11.2. The summed E-state index contributed by atoms with van der Waals surface area (Å²) in [5.41, 5.74) is 5.73. The molecule has 0 bridgehead atoms. The third-order valence-electron chi connectivity index (χ3n) is 3.48. The summed E-state index contributed by atoms with van der Waals surface area (Å²) < 4.78 is 38.6. The minimum atomic E-state index is -4.25. The first kappa shape index (κ1) is 17.2. The molecule has 1 fully saturated rings. The fourth-order valence-electron chi connectivity index (χ4n) is 2.54. The van der Waals surface area contributed by atoms with Gasteiger partial charge in [-0.1, -0.05) is 18.2 Å². The molecule has 2 rings (SSSR count). The van der Waals surface area contributed by atoms with Gasteiger partial charge in [0.25, 0.3) is 5.09 Å². The maximum Gasteiger partial charge on any atom is 0.416 e. The van der Waals surface area contributed by atoms with Gasteiger partial charge in [0.05, 0.1) is 5.56 Å². The number of alkyl halides is 3. The average molecular weight is 306 g/mol. The normalized spacial score (nSPS) is 22.1. The van der Waals surface area contributed by atoms with Crippen LogP contribution in [0, 0.1) is 10.1 Å². The van der Waals surface area contributed by atoms with E-state index in [1.165, 1.54) is 12.1 Å². The van der Waals surface area contributed by atoms with Crippen LogP contribution in [0.1, 0.15) is 42.7 Å². The Labute approximate surface area is 119 Å². The second kappa shape index (κ2) is 7.26. The van der Waals surface area contributed by atoms with Crippen molar-refractivity contribution < 1.29 is 23.5 Å². The van der Waals surface area contributed by atoms with Gasteiger partial charge in [0, 0.05) is 6.04 Å². The first-order valence-electron chi connectivity index (χ1n) is 6.46. The summed E-state index contributed by atoms with van der Waals surface area (Å²) in [5.74, 6) is 0.00706. The van der Waals surface area contributed by atoms with Crippen LogP contribution >= 0.6 is 0 Å². The molecule has 0 unspecified atom stereocenters. The van der Waals surface area contributed by atoms with E-state index in [1.807, 2.05) is 0 Å². The quantitative estimate of drug-likeness (QED) is 0.615. The van der Waals surface area contributed by atoms with Crippen molar-refractivity contribution in [3.05, 3.63) is 45.5 Å². The lowest BCUT2D eigenvalue weighted by Gasteiger charge is -2.28. The van der Waals surface area contributed by atoms with Crippen molar-refractivity contribution in [2.75, 3.05) is 0 Å². The molecule has 0 spiro atoms. The lowest BCUT2D eigenvalue weighted by molar-refractivity contribution is -0.742. The van der Waals surface area contributed by atoms with Crippen LogP contribution in [-0.2, 0) is 6.18 Å². The van der Waals surface area contributed by atoms with Gasteiger partial charge in [0.15, 0.2) is 0 Å². The summed E-state index contributed by atoms with van der Waals surface area (Å²) in [6.07, 6.45) is -1.10. The fourth-order valence-corrected chi connectivity index (χ4v) is 2.54. The van der Waals surface area contributed by atoms with Crippen LogP contribution in [0.5, 0.6) is 0 Å². The number of hydrogen-bond acceptors (Lipinski definition) is 3. The van der Waals surface area contributed by atoms with Crippen molar-refractivity contribution in [1.82, 2.24) is 0 Å². The van der Waals surface area contributed by atoms with E-state index < -0.39 is 16.8 Å². The largest absolute Gasteiger partial charge is 0.416 e. The fraction of sp³-hybridized carbons (Fsp3) is 0.538. The van der Waals surface area contributed by atoms with E-state index in [4.69, 9.17) is 21.1 Å². The molecule has 1 aliphatic carbocycles. The van der Waals surface area contributed by atoms with Gasteiger partial charge in [-0.3, -0.25) is 0 Å². The average Bonchev–Trinajstić information content (AvgIpc) is 2.38. The van der Waals surface area contributed by atoms with Gasteiger partial charge in [-0.15, -0.1) is 10.1 Å². The minimum absolute atomic E-state index is 0.00706. The smallest absolute Gasteiger partial charge is 0.328 e. The Morgan fingerprint density at radius 1 is 1.19 bits per heavy atom. The predicted molar refractivity (Wildman–Crippen MR) is 69.4 cm³/mol. The van der Waals surface area contributed by atoms with E-state index in [2.05, 4.69) is 0 Å². The summed E-state index contributed by atoms with van der Waals surface area (Å²) in [6, 6.07) is 6.05. The molecule has 21 heavy (non-hydrogen) atoms.